The fraction of sp³-hybridized carbons (Fsp3) is 0.667. The summed E-state index contributed by atoms with van der Waals surface area (Å²) in [6.07, 6.45) is 3.41. The van der Waals surface area contributed by atoms with Crippen molar-refractivity contribution in [2.24, 2.45) is 0 Å². The van der Waals surface area contributed by atoms with E-state index in [0.717, 1.165) is 12.0 Å². The van der Waals surface area contributed by atoms with Gasteiger partial charge in [-0.05, 0) is 19.8 Å². The van der Waals surface area contributed by atoms with Crippen molar-refractivity contribution in [3.63, 3.8) is 0 Å². The molecule has 1 N–H and O–H groups in total. The molecule has 0 saturated carbocycles. The zero-order valence-electron chi connectivity index (χ0n) is 10.2. The van der Waals surface area contributed by atoms with Gasteiger partial charge in [0.1, 0.15) is 6.04 Å². The molecule has 0 aromatic heterocycles. The van der Waals surface area contributed by atoms with E-state index in [1.807, 2.05) is 26.8 Å². The Bertz CT molecular complexity index is 310. The van der Waals surface area contributed by atoms with Gasteiger partial charge in [-0.3, -0.25) is 9.59 Å². The Kier molecular flexibility index (Phi) is 4.52. The largest absolute Gasteiger partial charge is 0.353 e. The summed E-state index contributed by atoms with van der Waals surface area (Å²) in [7, 11) is 0. The molecule has 4 nitrogen and oxygen atoms in total. The first-order chi connectivity index (χ1) is 7.61. The van der Waals surface area contributed by atoms with Gasteiger partial charge >= 0.3 is 0 Å². The van der Waals surface area contributed by atoms with Crippen molar-refractivity contribution in [1.82, 2.24) is 10.2 Å². The monoisotopic (exact) mass is 224 g/mol. The van der Waals surface area contributed by atoms with Crippen LogP contribution < -0.4 is 5.32 Å². The zero-order chi connectivity index (χ0) is 12.1. The fourth-order valence-electron chi connectivity index (χ4n) is 1.98. The van der Waals surface area contributed by atoms with Crippen molar-refractivity contribution >= 4 is 11.8 Å². The van der Waals surface area contributed by atoms with Gasteiger partial charge in [0.15, 0.2) is 0 Å². The first kappa shape index (κ1) is 12.7. The van der Waals surface area contributed by atoms with Gasteiger partial charge in [0.25, 0.3) is 0 Å². The van der Waals surface area contributed by atoms with E-state index >= 15 is 0 Å². The Balaban J connectivity index is 2.81. The first-order valence-corrected chi connectivity index (χ1v) is 5.87. The highest BCUT2D eigenvalue weighted by molar-refractivity contribution is 5.97. The van der Waals surface area contributed by atoms with Crippen LogP contribution in [0.2, 0.25) is 0 Å². The maximum atomic E-state index is 12.1. The highest BCUT2D eigenvalue weighted by Gasteiger charge is 2.31. The van der Waals surface area contributed by atoms with Crippen LogP contribution in [0, 0.1) is 0 Å². The Morgan fingerprint density at radius 3 is 2.81 bits per heavy atom. The van der Waals surface area contributed by atoms with Crippen LogP contribution in [0.1, 0.15) is 33.6 Å². The van der Waals surface area contributed by atoms with E-state index in [0.29, 0.717) is 19.5 Å². The highest BCUT2D eigenvalue weighted by atomic mass is 16.2. The molecule has 1 fully saturated rings. The Hall–Kier alpha value is -1.32. The van der Waals surface area contributed by atoms with Crippen LogP contribution in [0.15, 0.2) is 11.6 Å². The maximum Gasteiger partial charge on any atom is 0.249 e. The summed E-state index contributed by atoms with van der Waals surface area (Å²) in [5.74, 6) is -0.0463. The third-order valence-electron chi connectivity index (χ3n) is 2.83. The van der Waals surface area contributed by atoms with Crippen molar-refractivity contribution in [1.29, 1.82) is 0 Å². The summed E-state index contributed by atoms with van der Waals surface area (Å²) in [6, 6.07) is -0.304. The Morgan fingerprint density at radius 2 is 2.25 bits per heavy atom. The lowest BCUT2D eigenvalue weighted by molar-refractivity contribution is -0.140. The van der Waals surface area contributed by atoms with Crippen molar-refractivity contribution in [2.75, 3.05) is 13.1 Å². The Labute approximate surface area is 96.7 Å². The number of carbonyl (C=O) groups is 2. The van der Waals surface area contributed by atoms with Crippen LogP contribution >= 0.6 is 0 Å². The molecule has 1 saturated heterocycles. The van der Waals surface area contributed by atoms with E-state index < -0.39 is 0 Å². The van der Waals surface area contributed by atoms with Gasteiger partial charge in [-0.25, -0.2) is 0 Å². The second kappa shape index (κ2) is 5.68. The summed E-state index contributed by atoms with van der Waals surface area (Å²) < 4.78 is 0. The number of hydrogen-bond donors (Lipinski definition) is 1. The van der Waals surface area contributed by atoms with Gasteiger partial charge in [-0.2, -0.15) is 0 Å². The van der Waals surface area contributed by atoms with Crippen molar-refractivity contribution in [3.05, 3.63) is 11.6 Å². The molecule has 4 heteroatoms. The van der Waals surface area contributed by atoms with Crippen LogP contribution in [0.4, 0.5) is 0 Å². The molecule has 1 aliphatic heterocycles. The molecular formula is C12H20N2O2. The number of piperazine rings is 1. The number of allylic oxidation sites excluding steroid dienone is 1. The predicted molar refractivity (Wildman–Crippen MR) is 62.8 cm³/mol. The molecule has 1 heterocycles. The molecule has 2 amide bonds. The number of amides is 2. The van der Waals surface area contributed by atoms with Crippen LogP contribution in [0.5, 0.6) is 0 Å². The summed E-state index contributed by atoms with van der Waals surface area (Å²) in [5.41, 5.74) is 0.732. The van der Waals surface area contributed by atoms with Crippen LogP contribution in [0.25, 0.3) is 0 Å². The summed E-state index contributed by atoms with van der Waals surface area (Å²) in [6.45, 7) is 6.90. The van der Waals surface area contributed by atoms with Crippen molar-refractivity contribution in [2.45, 2.75) is 39.7 Å². The van der Waals surface area contributed by atoms with E-state index in [2.05, 4.69) is 5.32 Å². The third kappa shape index (κ3) is 2.62. The van der Waals surface area contributed by atoms with E-state index in [-0.39, 0.29) is 17.9 Å². The SMILES string of the molecule is CC/C=C(/C)C(=O)N1CCNC(=O)[C@H]1CC. The molecule has 0 aliphatic carbocycles. The second-order valence-corrected chi connectivity index (χ2v) is 4.01. The molecule has 1 aliphatic rings. The lowest BCUT2D eigenvalue weighted by Gasteiger charge is -2.34. The average molecular weight is 224 g/mol. The quantitative estimate of drug-likeness (QED) is 0.729. The van der Waals surface area contributed by atoms with E-state index in [4.69, 9.17) is 0 Å². The molecule has 0 bridgehead atoms. The summed E-state index contributed by atoms with van der Waals surface area (Å²) in [5, 5.41) is 2.79. The minimum absolute atomic E-state index is 0.0106. The average Bonchev–Trinajstić information content (AvgIpc) is 2.28. The molecule has 0 aromatic rings. The number of hydrogen-bond acceptors (Lipinski definition) is 2. The van der Waals surface area contributed by atoms with Crippen molar-refractivity contribution in [3.8, 4) is 0 Å². The normalized spacial score (nSPS) is 21.9. The molecule has 16 heavy (non-hydrogen) atoms. The van der Waals surface area contributed by atoms with Crippen LogP contribution in [-0.4, -0.2) is 35.8 Å². The van der Waals surface area contributed by atoms with Gasteiger partial charge in [0.05, 0.1) is 0 Å². The number of carbonyl (C=O) groups excluding carboxylic acids is 2. The standard InChI is InChI=1S/C12H20N2O2/c1-4-6-9(3)12(16)14-8-7-13-11(15)10(14)5-2/h6,10H,4-5,7-8H2,1-3H3,(H,13,15)/b9-6-/t10-/m1/s1. The lowest BCUT2D eigenvalue weighted by atomic mass is 10.1. The Morgan fingerprint density at radius 1 is 1.56 bits per heavy atom. The second-order valence-electron chi connectivity index (χ2n) is 4.01. The van der Waals surface area contributed by atoms with Gasteiger partial charge in [-0.1, -0.05) is 19.9 Å². The number of rotatable bonds is 3. The van der Waals surface area contributed by atoms with Crippen LogP contribution in [0.3, 0.4) is 0 Å². The molecule has 0 radical (unpaired) electrons. The maximum absolute atomic E-state index is 12.1. The highest BCUT2D eigenvalue weighted by Crippen LogP contribution is 2.12. The summed E-state index contributed by atoms with van der Waals surface area (Å²) >= 11 is 0. The molecule has 0 unspecified atom stereocenters. The molecule has 1 atom stereocenters. The minimum atomic E-state index is -0.304. The number of nitrogens with one attached hydrogen (secondary N) is 1. The smallest absolute Gasteiger partial charge is 0.249 e. The first-order valence-electron chi connectivity index (χ1n) is 5.87. The topological polar surface area (TPSA) is 49.4 Å². The van der Waals surface area contributed by atoms with Crippen molar-refractivity contribution < 1.29 is 9.59 Å². The van der Waals surface area contributed by atoms with E-state index in [9.17, 15) is 9.59 Å². The zero-order valence-corrected chi connectivity index (χ0v) is 10.2. The van der Waals surface area contributed by atoms with Gasteiger partial charge in [0.2, 0.25) is 11.8 Å². The van der Waals surface area contributed by atoms with Gasteiger partial charge in [0, 0.05) is 18.7 Å². The number of nitrogens with zero attached hydrogens (tertiary/aromatic N) is 1. The molecule has 90 valence electrons. The molecule has 0 spiro atoms. The fourth-order valence-corrected chi connectivity index (χ4v) is 1.98. The molecular weight excluding hydrogens is 204 g/mol. The van der Waals surface area contributed by atoms with Gasteiger partial charge in [-0.15, -0.1) is 0 Å². The summed E-state index contributed by atoms with van der Waals surface area (Å²) in [4.78, 5) is 25.4. The van der Waals surface area contributed by atoms with E-state index in [1.165, 1.54) is 0 Å². The predicted octanol–water partition coefficient (Wildman–Crippen LogP) is 1.08. The van der Waals surface area contributed by atoms with Crippen LogP contribution in [-0.2, 0) is 9.59 Å². The molecule has 0 aromatic carbocycles. The third-order valence-corrected chi connectivity index (χ3v) is 2.83. The minimum Gasteiger partial charge on any atom is -0.353 e. The van der Waals surface area contributed by atoms with E-state index in [1.54, 1.807) is 4.90 Å². The van der Waals surface area contributed by atoms with Gasteiger partial charge < -0.3 is 10.2 Å². The lowest BCUT2D eigenvalue weighted by Crippen LogP contribution is -2.57. The molecule has 1 rings (SSSR count).